The molecule has 1 amide bonds. The van der Waals surface area contributed by atoms with Crippen LogP contribution in [0.15, 0.2) is 24.4 Å². The zero-order valence-electron chi connectivity index (χ0n) is 15.8. The second-order valence-electron chi connectivity index (χ2n) is 7.28. The topological polar surface area (TPSA) is 76.8 Å². The number of hydrogen-bond donors (Lipinski definition) is 3. The van der Waals surface area contributed by atoms with E-state index in [4.69, 9.17) is 0 Å². The van der Waals surface area contributed by atoms with Gasteiger partial charge >= 0.3 is 0 Å². The van der Waals surface area contributed by atoms with Crippen molar-refractivity contribution in [3.8, 4) is 11.4 Å². The predicted octanol–water partition coefficient (Wildman–Crippen LogP) is 3.15. The molecule has 4 rings (SSSR count). The van der Waals surface area contributed by atoms with Crippen molar-refractivity contribution in [2.24, 2.45) is 0 Å². The van der Waals surface area contributed by atoms with E-state index in [1.807, 2.05) is 38.5 Å². The molecular formula is C20H26ClN5O. The smallest absolute Gasteiger partial charge is 0.251 e. The molecule has 0 atom stereocenters. The van der Waals surface area contributed by atoms with Gasteiger partial charge in [-0.2, -0.15) is 5.10 Å². The van der Waals surface area contributed by atoms with Crippen LogP contribution in [0.5, 0.6) is 0 Å². The molecule has 144 valence electrons. The summed E-state index contributed by atoms with van der Waals surface area (Å²) in [6.45, 7) is 1.66. The van der Waals surface area contributed by atoms with Crippen LogP contribution in [0.2, 0.25) is 0 Å². The average molecular weight is 388 g/mol. The van der Waals surface area contributed by atoms with Gasteiger partial charge in [0.2, 0.25) is 0 Å². The van der Waals surface area contributed by atoms with E-state index in [9.17, 15) is 4.79 Å². The molecule has 0 unspecified atom stereocenters. The van der Waals surface area contributed by atoms with Gasteiger partial charge in [-0.25, -0.2) is 0 Å². The van der Waals surface area contributed by atoms with Gasteiger partial charge in [0.05, 0.1) is 17.6 Å². The van der Waals surface area contributed by atoms with Crippen LogP contribution in [0.3, 0.4) is 0 Å². The minimum absolute atomic E-state index is 0. The molecule has 3 aromatic rings. The number of nitrogens with zero attached hydrogens (tertiary/aromatic N) is 2. The Morgan fingerprint density at radius 1 is 1.26 bits per heavy atom. The second kappa shape index (κ2) is 8.15. The van der Waals surface area contributed by atoms with E-state index in [1.54, 1.807) is 0 Å². The molecule has 3 N–H and O–H groups in total. The number of carbonyl (C=O) groups excluding carboxylic acids is 1. The van der Waals surface area contributed by atoms with Gasteiger partial charge in [-0.05, 0) is 75.6 Å². The Morgan fingerprint density at radius 3 is 2.93 bits per heavy atom. The number of amides is 1. The van der Waals surface area contributed by atoms with Crippen LogP contribution in [-0.2, 0) is 12.8 Å². The Kier molecular flexibility index (Phi) is 5.87. The average Bonchev–Trinajstić information content (AvgIpc) is 3.19. The van der Waals surface area contributed by atoms with Crippen molar-refractivity contribution >= 4 is 29.2 Å². The third kappa shape index (κ3) is 3.87. The molecule has 6 nitrogen and oxygen atoms in total. The lowest BCUT2D eigenvalue weighted by atomic mass is 10.0. The summed E-state index contributed by atoms with van der Waals surface area (Å²) < 4.78 is 0. The Hall–Kier alpha value is -2.31. The Morgan fingerprint density at radius 2 is 2.11 bits per heavy atom. The first-order chi connectivity index (χ1) is 12.6. The summed E-state index contributed by atoms with van der Waals surface area (Å²) in [5.74, 6) is -0.00328. The molecule has 1 aromatic carbocycles. The number of fused-ring (bicyclic) bond motifs is 5. The van der Waals surface area contributed by atoms with Crippen molar-refractivity contribution < 1.29 is 4.79 Å². The fourth-order valence-electron chi connectivity index (χ4n) is 3.73. The maximum absolute atomic E-state index is 12.5. The number of benzene rings is 1. The van der Waals surface area contributed by atoms with E-state index in [1.165, 1.54) is 11.1 Å². The minimum atomic E-state index is -0.00328. The van der Waals surface area contributed by atoms with E-state index in [-0.39, 0.29) is 18.3 Å². The summed E-state index contributed by atoms with van der Waals surface area (Å²) >= 11 is 0. The van der Waals surface area contributed by atoms with E-state index in [2.05, 4.69) is 25.4 Å². The maximum atomic E-state index is 12.5. The first-order valence-corrected chi connectivity index (χ1v) is 9.23. The highest BCUT2D eigenvalue weighted by Crippen LogP contribution is 2.35. The molecule has 7 heteroatoms. The third-order valence-electron chi connectivity index (χ3n) is 5.08. The second-order valence-corrected chi connectivity index (χ2v) is 7.28. The van der Waals surface area contributed by atoms with Crippen molar-refractivity contribution in [1.29, 1.82) is 0 Å². The summed E-state index contributed by atoms with van der Waals surface area (Å²) in [6.07, 6.45) is 5.99. The van der Waals surface area contributed by atoms with Crippen LogP contribution in [0.4, 0.5) is 0 Å². The van der Waals surface area contributed by atoms with Crippen molar-refractivity contribution in [1.82, 2.24) is 25.4 Å². The van der Waals surface area contributed by atoms with Crippen molar-refractivity contribution in [2.45, 2.75) is 25.7 Å². The number of aryl methyl sites for hydroxylation is 2. The molecule has 2 aromatic heterocycles. The Balaban J connectivity index is 0.00000210. The van der Waals surface area contributed by atoms with Crippen LogP contribution in [0, 0.1) is 0 Å². The standard InChI is InChI=1S/C20H25N5O.ClH/c1-25(2)10-4-9-21-20(26)13-7-8-17-16(11-13)15-6-3-5-14-12-22-24-18(14)19(15)23-17;/h7-8,11-12,23H,3-6,9-10H2,1-2H3,(H,21,26)(H,22,24);1H. The molecule has 2 heterocycles. The third-order valence-corrected chi connectivity index (χ3v) is 5.08. The van der Waals surface area contributed by atoms with Crippen LogP contribution in [-0.4, -0.2) is 53.2 Å². The van der Waals surface area contributed by atoms with Gasteiger partial charge < -0.3 is 15.2 Å². The van der Waals surface area contributed by atoms with Crippen LogP contribution >= 0.6 is 12.4 Å². The number of rotatable bonds is 5. The van der Waals surface area contributed by atoms with Crippen LogP contribution in [0.1, 0.15) is 34.3 Å². The number of aromatic amines is 2. The molecule has 0 spiro atoms. The summed E-state index contributed by atoms with van der Waals surface area (Å²) in [7, 11) is 4.08. The van der Waals surface area contributed by atoms with Crippen LogP contribution < -0.4 is 5.32 Å². The lowest BCUT2D eigenvalue weighted by Gasteiger charge is -2.10. The highest BCUT2D eigenvalue weighted by atomic mass is 35.5. The molecule has 0 radical (unpaired) electrons. The van der Waals surface area contributed by atoms with E-state index in [0.29, 0.717) is 6.54 Å². The van der Waals surface area contributed by atoms with E-state index in [0.717, 1.165) is 60.1 Å². The minimum Gasteiger partial charge on any atom is -0.353 e. The van der Waals surface area contributed by atoms with Crippen molar-refractivity contribution in [3.05, 3.63) is 41.1 Å². The normalized spacial score (nSPS) is 13.0. The Labute approximate surface area is 165 Å². The number of H-pyrrole nitrogens is 2. The highest BCUT2D eigenvalue weighted by molar-refractivity contribution is 6.00. The number of halogens is 1. The monoisotopic (exact) mass is 387 g/mol. The first kappa shape index (κ1) is 19.5. The molecular weight excluding hydrogens is 362 g/mol. The van der Waals surface area contributed by atoms with E-state index < -0.39 is 0 Å². The lowest BCUT2D eigenvalue weighted by Crippen LogP contribution is -2.27. The zero-order valence-corrected chi connectivity index (χ0v) is 16.6. The number of hydrogen-bond acceptors (Lipinski definition) is 3. The molecule has 0 aliphatic heterocycles. The first-order valence-electron chi connectivity index (χ1n) is 9.23. The predicted molar refractivity (Wildman–Crippen MR) is 111 cm³/mol. The van der Waals surface area contributed by atoms with Gasteiger partial charge in [0.1, 0.15) is 0 Å². The summed E-state index contributed by atoms with van der Waals surface area (Å²) in [5.41, 5.74) is 6.54. The molecule has 0 bridgehead atoms. The SMILES string of the molecule is CN(C)CCCNC(=O)c1ccc2[nH]c3c(c2c1)CCCc1cn[nH]c1-3.Cl. The highest BCUT2D eigenvalue weighted by Gasteiger charge is 2.21. The quantitative estimate of drug-likeness (QED) is 0.588. The molecule has 1 aliphatic carbocycles. The molecule has 0 fully saturated rings. The molecule has 0 saturated heterocycles. The Bertz CT molecular complexity index is 943. The summed E-state index contributed by atoms with van der Waals surface area (Å²) in [4.78, 5) is 18.1. The van der Waals surface area contributed by atoms with Crippen LogP contribution in [0.25, 0.3) is 22.3 Å². The molecule has 27 heavy (non-hydrogen) atoms. The lowest BCUT2D eigenvalue weighted by molar-refractivity contribution is 0.0952. The van der Waals surface area contributed by atoms with Gasteiger partial charge in [0.25, 0.3) is 5.91 Å². The summed E-state index contributed by atoms with van der Waals surface area (Å²) in [6, 6.07) is 5.93. The largest absolute Gasteiger partial charge is 0.353 e. The van der Waals surface area contributed by atoms with Crippen molar-refractivity contribution in [3.63, 3.8) is 0 Å². The van der Waals surface area contributed by atoms with Gasteiger partial charge in [0.15, 0.2) is 0 Å². The van der Waals surface area contributed by atoms with Gasteiger partial charge in [-0.1, -0.05) is 0 Å². The van der Waals surface area contributed by atoms with Gasteiger partial charge in [-0.3, -0.25) is 9.89 Å². The fourth-order valence-corrected chi connectivity index (χ4v) is 3.73. The van der Waals surface area contributed by atoms with Crippen molar-refractivity contribution in [2.75, 3.05) is 27.2 Å². The zero-order chi connectivity index (χ0) is 18.1. The molecule has 1 aliphatic rings. The summed E-state index contributed by atoms with van der Waals surface area (Å²) in [5, 5.41) is 11.5. The maximum Gasteiger partial charge on any atom is 0.251 e. The van der Waals surface area contributed by atoms with Gasteiger partial charge in [0, 0.05) is 23.0 Å². The number of carbonyl (C=O) groups is 1. The number of nitrogens with one attached hydrogen (secondary N) is 3. The molecule has 0 saturated carbocycles. The number of aromatic nitrogens is 3. The van der Waals surface area contributed by atoms with E-state index >= 15 is 0 Å². The van der Waals surface area contributed by atoms with Gasteiger partial charge in [-0.15, -0.1) is 12.4 Å². The fraction of sp³-hybridized carbons (Fsp3) is 0.400.